The summed E-state index contributed by atoms with van der Waals surface area (Å²) >= 11 is 0. The lowest BCUT2D eigenvalue weighted by Crippen LogP contribution is -2.47. The number of rotatable bonds is 4. The van der Waals surface area contributed by atoms with Crippen molar-refractivity contribution in [3.05, 3.63) is 48.0 Å². The lowest BCUT2D eigenvalue weighted by molar-refractivity contribution is -0.187. The fraction of sp³-hybridized carbons (Fsp3) is 0.429. The van der Waals surface area contributed by atoms with Gasteiger partial charge in [-0.2, -0.15) is 0 Å². The van der Waals surface area contributed by atoms with Crippen LogP contribution in [0.5, 0.6) is 0 Å². The van der Waals surface area contributed by atoms with Crippen molar-refractivity contribution in [3.8, 4) is 0 Å². The van der Waals surface area contributed by atoms with E-state index in [1.54, 1.807) is 0 Å². The van der Waals surface area contributed by atoms with Gasteiger partial charge in [0.15, 0.2) is 5.79 Å². The Bertz CT molecular complexity index is 835. The molecule has 2 aromatic rings. The fourth-order valence-corrected chi connectivity index (χ4v) is 3.76. The number of likely N-dealkylation sites (tertiary alicyclic amines) is 1. The van der Waals surface area contributed by atoms with Gasteiger partial charge in [0.05, 0.1) is 13.2 Å². The van der Waals surface area contributed by atoms with E-state index in [1.807, 2.05) is 47.4 Å². The molecular formula is C21H24N2O4. The molecule has 142 valence electrons. The number of carbonyl (C=O) groups excluding carboxylic acids is 2. The Hall–Kier alpha value is -2.44. The maximum absolute atomic E-state index is 12.4. The van der Waals surface area contributed by atoms with Crippen molar-refractivity contribution in [2.24, 2.45) is 0 Å². The van der Waals surface area contributed by atoms with Gasteiger partial charge in [-0.25, -0.2) is 0 Å². The average molecular weight is 368 g/mol. The first-order valence-electron chi connectivity index (χ1n) is 9.48. The highest BCUT2D eigenvalue weighted by molar-refractivity contribution is 5.98. The summed E-state index contributed by atoms with van der Waals surface area (Å²) in [7, 11) is 0. The van der Waals surface area contributed by atoms with Crippen molar-refractivity contribution in [1.82, 2.24) is 10.2 Å². The molecule has 2 aromatic carbocycles. The van der Waals surface area contributed by atoms with Gasteiger partial charge >= 0.3 is 0 Å². The number of nitrogens with zero attached hydrogens (tertiary/aromatic N) is 1. The normalized spacial score (nSPS) is 18.7. The first-order chi connectivity index (χ1) is 13.2. The zero-order valence-electron chi connectivity index (χ0n) is 15.3. The van der Waals surface area contributed by atoms with Crippen molar-refractivity contribution < 1.29 is 19.1 Å². The van der Waals surface area contributed by atoms with Crippen LogP contribution in [-0.2, 0) is 14.3 Å². The zero-order chi connectivity index (χ0) is 18.7. The van der Waals surface area contributed by atoms with Crippen LogP contribution >= 0.6 is 0 Å². The summed E-state index contributed by atoms with van der Waals surface area (Å²) < 4.78 is 11.4. The van der Waals surface area contributed by atoms with E-state index >= 15 is 0 Å². The Morgan fingerprint density at radius 1 is 1.00 bits per heavy atom. The second-order valence-corrected chi connectivity index (χ2v) is 7.06. The van der Waals surface area contributed by atoms with Gasteiger partial charge in [-0.3, -0.25) is 9.59 Å². The van der Waals surface area contributed by atoms with Crippen molar-refractivity contribution >= 4 is 22.6 Å². The predicted molar refractivity (Wildman–Crippen MR) is 101 cm³/mol. The number of amides is 2. The largest absolute Gasteiger partial charge is 0.352 e. The molecule has 6 nitrogen and oxygen atoms in total. The van der Waals surface area contributed by atoms with E-state index in [4.69, 9.17) is 9.47 Å². The van der Waals surface area contributed by atoms with Crippen molar-refractivity contribution in [2.45, 2.75) is 25.0 Å². The Kier molecular flexibility index (Phi) is 5.09. The Morgan fingerprint density at radius 2 is 1.70 bits per heavy atom. The van der Waals surface area contributed by atoms with Gasteiger partial charge in [0.25, 0.3) is 5.91 Å². The maximum atomic E-state index is 12.4. The summed E-state index contributed by atoms with van der Waals surface area (Å²) in [5, 5.41) is 4.97. The monoisotopic (exact) mass is 368 g/mol. The second-order valence-electron chi connectivity index (χ2n) is 7.06. The number of nitrogens with one attached hydrogen (secondary N) is 1. The third kappa shape index (κ3) is 3.96. The van der Waals surface area contributed by atoms with E-state index < -0.39 is 5.79 Å². The molecule has 0 bridgehead atoms. The minimum atomic E-state index is -0.471. The topological polar surface area (TPSA) is 67.9 Å². The molecule has 0 aliphatic carbocycles. The number of ether oxygens (including phenoxy) is 2. The molecule has 6 heteroatoms. The molecule has 2 amide bonds. The molecule has 0 atom stereocenters. The van der Waals surface area contributed by atoms with Crippen LogP contribution in [0.3, 0.4) is 0 Å². The second kappa shape index (κ2) is 7.66. The molecule has 2 saturated heterocycles. The summed E-state index contributed by atoms with van der Waals surface area (Å²) in [6, 6.07) is 13.5. The van der Waals surface area contributed by atoms with Crippen LogP contribution in [0.1, 0.15) is 29.6 Å². The zero-order valence-corrected chi connectivity index (χ0v) is 15.3. The quantitative estimate of drug-likeness (QED) is 0.899. The molecule has 0 unspecified atom stereocenters. The van der Waals surface area contributed by atoms with Gasteiger partial charge in [0, 0.05) is 44.5 Å². The summed E-state index contributed by atoms with van der Waals surface area (Å²) in [5.74, 6) is -0.568. The van der Waals surface area contributed by atoms with Gasteiger partial charge in [-0.1, -0.05) is 30.3 Å². The number of carbonyl (C=O) groups is 2. The van der Waals surface area contributed by atoms with E-state index in [-0.39, 0.29) is 11.8 Å². The van der Waals surface area contributed by atoms with Crippen LogP contribution in [0, 0.1) is 0 Å². The number of piperidine rings is 1. The molecular weight excluding hydrogens is 344 g/mol. The molecule has 0 radical (unpaired) electrons. The molecule has 27 heavy (non-hydrogen) atoms. The lowest BCUT2D eigenvalue weighted by Gasteiger charge is -2.37. The molecule has 1 spiro atoms. The fourth-order valence-electron chi connectivity index (χ4n) is 3.76. The Balaban J connectivity index is 1.25. The van der Waals surface area contributed by atoms with Crippen LogP contribution < -0.4 is 5.32 Å². The minimum Gasteiger partial charge on any atom is -0.352 e. The molecule has 2 aliphatic rings. The van der Waals surface area contributed by atoms with Gasteiger partial charge in [-0.05, 0) is 22.9 Å². The summed E-state index contributed by atoms with van der Waals surface area (Å²) in [4.78, 5) is 26.6. The van der Waals surface area contributed by atoms with Crippen molar-refractivity contribution in [2.75, 3.05) is 32.8 Å². The van der Waals surface area contributed by atoms with E-state index in [0.29, 0.717) is 57.7 Å². The molecule has 2 aliphatic heterocycles. The van der Waals surface area contributed by atoms with Gasteiger partial charge in [-0.15, -0.1) is 0 Å². The van der Waals surface area contributed by atoms with Crippen LogP contribution in [0.25, 0.3) is 10.8 Å². The van der Waals surface area contributed by atoms with Gasteiger partial charge in [0.1, 0.15) is 0 Å². The third-order valence-electron chi connectivity index (χ3n) is 5.33. The lowest BCUT2D eigenvalue weighted by atomic mass is 10.0. The number of hydrogen-bond acceptors (Lipinski definition) is 4. The Morgan fingerprint density at radius 3 is 2.44 bits per heavy atom. The molecule has 0 aromatic heterocycles. The standard InChI is InChI=1S/C21H24N2O4/c24-19(23-11-8-21(9-12-23)26-13-14-27-21)7-10-22-20(25)18-6-5-16-3-1-2-4-17(16)15-18/h1-6,15H,7-14H2,(H,22,25). The van der Waals surface area contributed by atoms with Crippen LogP contribution in [0.15, 0.2) is 42.5 Å². The Labute approximate surface area is 158 Å². The SMILES string of the molecule is O=C(NCCC(=O)N1CCC2(CC1)OCCO2)c1ccc2ccccc2c1. The number of benzene rings is 2. The number of hydrogen-bond donors (Lipinski definition) is 1. The van der Waals surface area contributed by atoms with E-state index in [9.17, 15) is 9.59 Å². The first-order valence-corrected chi connectivity index (χ1v) is 9.48. The molecule has 2 fully saturated rings. The van der Waals surface area contributed by atoms with Crippen molar-refractivity contribution in [3.63, 3.8) is 0 Å². The van der Waals surface area contributed by atoms with Gasteiger partial charge in [0.2, 0.25) is 5.91 Å². The highest BCUT2D eigenvalue weighted by Crippen LogP contribution is 2.31. The van der Waals surface area contributed by atoms with E-state index in [1.165, 1.54) is 0 Å². The predicted octanol–water partition coefficient (Wildman–Crippen LogP) is 2.33. The van der Waals surface area contributed by atoms with Crippen LogP contribution in [0.4, 0.5) is 0 Å². The van der Waals surface area contributed by atoms with E-state index in [0.717, 1.165) is 10.8 Å². The van der Waals surface area contributed by atoms with E-state index in [2.05, 4.69) is 5.32 Å². The molecule has 2 heterocycles. The molecule has 1 N–H and O–H groups in total. The maximum Gasteiger partial charge on any atom is 0.251 e. The summed E-state index contributed by atoms with van der Waals surface area (Å²) in [6.07, 6.45) is 1.72. The number of fused-ring (bicyclic) bond motifs is 1. The highest BCUT2D eigenvalue weighted by atomic mass is 16.7. The first kappa shape index (κ1) is 17.9. The van der Waals surface area contributed by atoms with Crippen molar-refractivity contribution in [1.29, 1.82) is 0 Å². The van der Waals surface area contributed by atoms with Gasteiger partial charge < -0.3 is 19.7 Å². The highest BCUT2D eigenvalue weighted by Gasteiger charge is 2.40. The summed E-state index contributed by atoms with van der Waals surface area (Å²) in [5.41, 5.74) is 0.608. The van der Waals surface area contributed by atoms with Crippen LogP contribution in [-0.4, -0.2) is 55.3 Å². The third-order valence-corrected chi connectivity index (χ3v) is 5.33. The minimum absolute atomic E-state index is 0.0571. The van der Waals surface area contributed by atoms with Crippen LogP contribution in [0.2, 0.25) is 0 Å². The molecule has 0 saturated carbocycles. The smallest absolute Gasteiger partial charge is 0.251 e. The summed E-state index contributed by atoms with van der Waals surface area (Å²) in [6.45, 7) is 2.87. The molecule has 4 rings (SSSR count). The average Bonchev–Trinajstić information content (AvgIpc) is 3.16.